The van der Waals surface area contributed by atoms with Gasteiger partial charge in [0.15, 0.2) is 6.29 Å². The summed E-state index contributed by atoms with van der Waals surface area (Å²) in [5, 5.41) is 14.6. The summed E-state index contributed by atoms with van der Waals surface area (Å²) in [7, 11) is 2.01. The molecule has 0 radical (unpaired) electrons. The van der Waals surface area contributed by atoms with Gasteiger partial charge in [-0.15, -0.1) is 0 Å². The Morgan fingerprint density at radius 3 is 2.78 bits per heavy atom. The molecule has 27 heavy (non-hydrogen) atoms. The molecule has 6 nitrogen and oxygen atoms in total. The number of hydrogen-bond acceptors (Lipinski definition) is 6. The second-order valence-corrected chi connectivity index (χ2v) is 7.30. The summed E-state index contributed by atoms with van der Waals surface area (Å²) < 4.78 is 11.9. The van der Waals surface area contributed by atoms with Crippen LogP contribution in [0.5, 0.6) is 0 Å². The number of rotatable bonds is 7. The van der Waals surface area contributed by atoms with Crippen molar-refractivity contribution in [3.05, 3.63) is 66.0 Å². The molecule has 2 N–H and O–H groups in total. The van der Waals surface area contributed by atoms with E-state index in [1.165, 1.54) is 5.56 Å². The zero-order valence-electron chi connectivity index (χ0n) is 15.6. The number of fused-ring (bicyclic) bond motifs is 2. The highest BCUT2D eigenvalue weighted by molar-refractivity contribution is 5.15. The average Bonchev–Trinajstić information content (AvgIpc) is 3.13. The Bertz CT molecular complexity index is 715. The number of pyridine rings is 1. The van der Waals surface area contributed by atoms with E-state index in [2.05, 4.69) is 27.3 Å². The summed E-state index contributed by atoms with van der Waals surface area (Å²) in [6.45, 7) is 1.98. The van der Waals surface area contributed by atoms with E-state index < -0.39 is 6.10 Å². The van der Waals surface area contributed by atoms with Crippen molar-refractivity contribution in [2.24, 2.45) is 0 Å². The first kappa shape index (κ1) is 18.5. The van der Waals surface area contributed by atoms with Crippen LogP contribution < -0.4 is 5.32 Å². The third kappa shape index (κ3) is 4.20. The molecule has 2 aromatic rings. The standard InChI is InChI=1S/C21H27N3O3/c1-24(12-10-16-9-5-6-11-22-16)19-20(25)18(17-14-26-21(19)27-17)23-13-15-7-3-2-4-8-15/h2-9,11,17-21,23,25H,10,12-14H2,1H3/t17-,18+,19-,20-,21+/m0/s1. The molecule has 1 aromatic heterocycles. The van der Waals surface area contributed by atoms with Gasteiger partial charge >= 0.3 is 0 Å². The SMILES string of the molecule is CN(CCc1ccccn1)[C@@H]1[C@@H]2OC[C@H](O2)[C@@H](NCc2ccccc2)[C@@H]1O. The number of aromatic nitrogens is 1. The molecule has 2 fully saturated rings. The molecule has 0 unspecified atom stereocenters. The fourth-order valence-electron chi connectivity index (χ4n) is 3.94. The molecule has 0 spiro atoms. The van der Waals surface area contributed by atoms with Crippen molar-refractivity contribution in [3.63, 3.8) is 0 Å². The highest BCUT2D eigenvalue weighted by Crippen LogP contribution is 2.31. The van der Waals surface area contributed by atoms with E-state index in [1.54, 1.807) is 0 Å². The van der Waals surface area contributed by atoms with Gasteiger partial charge in [0.25, 0.3) is 0 Å². The van der Waals surface area contributed by atoms with Gasteiger partial charge in [0.05, 0.1) is 24.8 Å². The molecule has 2 aliphatic heterocycles. The highest BCUT2D eigenvalue weighted by atomic mass is 16.7. The van der Waals surface area contributed by atoms with Crippen LogP contribution in [0.3, 0.4) is 0 Å². The fourth-order valence-corrected chi connectivity index (χ4v) is 3.94. The van der Waals surface area contributed by atoms with Gasteiger partial charge in [-0.2, -0.15) is 0 Å². The molecule has 5 atom stereocenters. The van der Waals surface area contributed by atoms with Gasteiger partial charge in [-0.3, -0.25) is 9.88 Å². The highest BCUT2D eigenvalue weighted by Gasteiger charge is 2.51. The molecule has 6 heteroatoms. The van der Waals surface area contributed by atoms with Crippen molar-refractivity contribution < 1.29 is 14.6 Å². The molecular formula is C21H27N3O3. The molecule has 0 amide bonds. The predicted octanol–water partition coefficient (Wildman–Crippen LogP) is 1.20. The van der Waals surface area contributed by atoms with Gasteiger partial charge in [0.1, 0.15) is 6.10 Å². The van der Waals surface area contributed by atoms with Crippen molar-refractivity contribution in [2.45, 2.75) is 43.5 Å². The van der Waals surface area contributed by atoms with Crippen molar-refractivity contribution in [1.82, 2.24) is 15.2 Å². The lowest BCUT2D eigenvalue weighted by molar-refractivity contribution is -0.178. The fraction of sp³-hybridized carbons (Fsp3) is 0.476. The summed E-state index contributed by atoms with van der Waals surface area (Å²) in [5.41, 5.74) is 2.23. The van der Waals surface area contributed by atoms with Crippen LogP contribution in [0.4, 0.5) is 0 Å². The van der Waals surface area contributed by atoms with E-state index >= 15 is 0 Å². The maximum Gasteiger partial charge on any atom is 0.176 e. The molecule has 4 rings (SSSR count). The Balaban J connectivity index is 1.39. The lowest BCUT2D eigenvalue weighted by atomic mass is 9.94. The van der Waals surface area contributed by atoms with Gasteiger partial charge in [0, 0.05) is 31.4 Å². The summed E-state index contributed by atoms with van der Waals surface area (Å²) in [6, 6.07) is 15.8. The van der Waals surface area contributed by atoms with Crippen molar-refractivity contribution in [1.29, 1.82) is 0 Å². The third-order valence-electron chi connectivity index (χ3n) is 5.47. The number of nitrogens with one attached hydrogen (secondary N) is 1. The Hall–Kier alpha value is -1.83. The van der Waals surface area contributed by atoms with E-state index in [4.69, 9.17) is 9.47 Å². The van der Waals surface area contributed by atoms with E-state index in [0.29, 0.717) is 13.2 Å². The number of likely N-dealkylation sites (N-methyl/N-ethyl adjacent to an activating group) is 1. The van der Waals surface area contributed by atoms with Crippen molar-refractivity contribution in [3.8, 4) is 0 Å². The topological polar surface area (TPSA) is 66.9 Å². The van der Waals surface area contributed by atoms with Crippen LogP contribution in [0.1, 0.15) is 11.3 Å². The minimum Gasteiger partial charge on any atom is -0.390 e. The van der Waals surface area contributed by atoms with E-state index in [0.717, 1.165) is 18.7 Å². The lowest BCUT2D eigenvalue weighted by Crippen LogP contribution is -2.63. The number of nitrogens with zero attached hydrogens (tertiary/aromatic N) is 2. The molecule has 2 aliphatic rings. The molecule has 3 heterocycles. The lowest BCUT2D eigenvalue weighted by Gasteiger charge is -2.42. The zero-order valence-corrected chi connectivity index (χ0v) is 15.6. The Morgan fingerprint density at radius 2 is 2.00 bits per heavy atom. The van der Waals surface area contributed by atoms with Gasteiger partial charge in [0.2, 0.25) is 0 Å². The summed E-state index contributed by atoms with van der Waals surface area (Å²) >= 11 is 0. The maximum absolute atomic E-state index is 11.1. The molecule has 144 valence electrons. The second-order valence-electron chi connectivity index (χ2n) is 7.30. The Labute approximate surface area is 160 Å². The molecular weight excluding hydrogens is 342 g/mol. The van der Waals surface area contributed by atoms with Crippen LogP contribution in [0, 0.1) is 0 Å². The molecule has 2 saturated heterocycles. The first-order valence-electron chi connectivity index (χ1n) is 9.55. The number of aliphatic hydroxyl groups is 1. The molecule has 2 bridgehead atoms. The minimum absolute atomic E-state index is 0.117. The number of hydrogen-bond donors (Lipinski definition) is 2. The summed E-state index contributed by atoms with van der Waals surface area (Å²) in [4.78, 5) is 6.50. The minimum atomic E-state index is -0.561. The first-order valence-corrected chi connectivity index (χ1v) is 9.55. The smallest absolute Gasteiger partial charge is 0.176 e. The quantitative estimate of drug-likeness (QED) is 0.765. The van der Waals surface area contributed by atoms with Gasteiger partial charge in [-0.1, -0.05) is 36.4 Å². The maximum atomic E-state index is 11.1. The van der Waals surface area contributed by atoms with Crippen LogP contribution in [0.15, 0.2) is 54.7 Å². The van der Waals surface area contributed by atoms with Gasteiger partial charge < -0.3 is 19.9 Å². The summed E-state index contributed by atoms with van der Waals surface area (Å²) in [6.07, 6.45) is 1.57. The van der Waals surface area contributed by atoms with Crippen LogP contribution in [0.2, 0.25) is 0 Å². The molecule has 0 saturated carbocycles. The predicted molar refractivity (Wildman–Crippen MR) is 102 cm³/mol. The van der Waals surface area contributed by atoms with Crippen molar-refractivity contribution in [2.75, 3.05) is 20.2 Å². The van der Waals surface area contributed by atoms with Gasteiger partial charge in [-0.25, -0.2) is 0 Å². The number of ether oxygens (including phenoxy) is 2. The van der Waals surface area contributed by atoms with Crippen molar-refractivity contribution >= 4 is 0 Å². The zero-order chi connectivity index (χ0) is 18.6. The molecule has 1 aromatic carbocycles. The largest absolute Gasteiger partial charge is 0.390 e. The van der Waals surface area contributed by atoms with E-state index in [-0.39, 0.29) is 24.5 Å². The second kappa shape index (κ2) is 8.46. The van der Waals surface area contributed by atoms with Crippen LogP contribution in [-0.4, -0.2) is 65.8 Å². The Morgan fingerprint density at radius 1 is 1.19 bits per heavy atom. The number of aliphatic hydroxyl groups excluding tert-OH is 1. The third-order valence-corrected chi connectivity index (χ3v) is 5.47. The first-order chi connectivity index (χ1) is 13.2. The van der Waals surface area contributed by atoms with Crippen LogP contribution in [-0.2, 0) is 22.4 Å². The van der Waals surface area contributed by atoms with Crippen LogP contribution >= 0.6 is 0 Å². The average molecular weight is 369 g/mol. The van der Waals surface area contributed by atoms with E-state index in [9.17, 15) is 5.11 Å². The summed E-state index contributed by atoms with van der Waals surface area (Å²) in [5.74, 6) is 0. The van der Waals surface area contributed by atoms with Gasteiger partial charge in [-0.05, 0) is 24.7 Å². The monoisotopic (exact) mass is 369 g/mol. The normalized spacial score (nSPS) is 30.0. The Kier molecular flexibility index (Phi) is 5.80. The van der Waals surface area contributed by atoms with Crippen LogP contribution in [0.25, 0.3) is 0 Å². The van der Waals surface area contributed by atoms with E-state index in [1.807, 2.05) is 49.6 Å². The number of benzene rings is 1. The molecule has 0 aliphatic carbocycles.